The fourth-order valence-corrected chi connectivity index (χ4v) is 2.45. The smallest absolute Gasteiger partial charge is 0.191 e. The fourth-order valence-electron chi connectivity index (χ4n) is 2.45. The lowest BCUT2D eigenvalue weighted by molar-refractivity contribution is 0.187. The van der Waals surface area contributed by atoms with E-state index in [1.54, 1.807) is 0 Å². The van der Waals surface area contributed by atoms with Gasteiger partial charge in [-0.15, -0.1) is 24.0 Å². The van der Waals surface area contributed by atoms with Crippen LogP contribution in [0.5, 0.6) is 0 Å². The van der Waals surface area contributed by atoms with Crippen LogP contribution in [0, 0.1) is 5.92 Å². The van der Waals surface area contributed by atoms with Crippen LogP contribution in [0.15, 0.2) is 4.99 Å². The SMILES string of the molecule is CCN1CCC(CCNC(=NC)NC(C)C)CC1.I. The lowest BCUT2D eigenvalue weighted by atomic mass is 9.93. The Morgan fingerprint density at radius 1 is 1.32 bits per heavy atom. The summed E-state index contributed by atoms with van der Waals surface area (Å²) in [5.41, 5.74) is 0. The molecule has 1 aliphatic rings. The molecule has 2 N–H and O–H groups in total. The average molecular weight is 382 g/mol. The van der Waals surface area contributed by atoms with Crippen LogP contribution in [0.4, 0.5) is 0 Å². The minimum absolute atomic E-state index is 0. The van der Waals surface area contributed by atoms with Gasteiger partial charge in [0.05, 0.1) is 0 Å². The van der Waals surface area contributed by atoms with Gasteiger partial charge in [0.1, 0.15) is 0 Å². The summed E-state index contributed by atoms with van der Waals surface area (Å²) in [6.45, 7) is 11.3. The van der Waals surface area contributed by atoms with E-state index in [4.69, 9.17) is 0 Å². The van der Waals surface area contributed by atoms with E-state index in [0.29, 0.717) is 6.04 Å². The summed E-state index contributed by atoms with van der Waals surface area (Å²) in [5.74, 6) is 1.81. The Kier molecular flexibility index (Phi) is 10.7. The molecule has 0 aliphatic carbocycles. The van der Waals surface area contributed by atoms with Crippen molar-refractivity contribution in [2.45, 2.75) is 46.1 Å². The van der Waals surface area contributed by atoms with Gasteiger partial charge in [-0.25, -0.2) is 0 Å². The number of hydrogen-bond acceptors (Lipinski definition) is 2. The van der Waals surface area contributed by atoms with Gasteiger partial charge in [-0.05, 0) is 58.7 Å². The number of guanidine groups is 1. The highest BCUT2D eigenvalue weighted by molar-refractivity contribution is 14.0. The van der Waals surface area contributed by atoms with Gasteiger partial charge >= 0.3 is 0 Å². The molecule has 0 radical (unpaired) electrons. The molecule has 1 heterocycles. The van der Waals surface area contributed by atoms with Crippen LogP contribution in [0.25, 0.3) is 0 Å². The van der Waals surface area contributed by atoms with Gasteiger partial charge in [-0.1, -0.05) is 6.92 Å². The van der Waals surface area contributed by atoms with Crippen molar-refractivity contribution in [3.8, 4) is 0 Å². The molecule has 5 heteroatoms. The van der Waals surface area contributed by atoms with Crippen LogP contribution in [-0.4, -0.2) is 50.1 Å². The largest absolute Gasteiger partial charge is 0.356 e. The molecule has 0 amide bonds. The zero-order chi connectivity index (χ0) is 13.4. The van der Waals surface area contributed by atoms with Crippen LogP contribution in [0.3, 0.4) is 0 Å². The topological polar surface area (TPSA) is 39.7 Å². The van der Waals surface area contributed by atoms with Crippen molar-refractivity contribution in [2.75, 3.05) is 33.2 Å². The van der Waals surface area contributed by atoms with Crippen LogP contribution >= 0.6 is 24.0 Å². The van der Waals surface area contributed by atoms with Crippen LogP contribution < -0.4 is 10.6 Å². The summed E-state index contributed by atoms with van der Waals surface area (Å²) in [5, 5.41) is 6.71. The van der Waals surface area contributed by atoms with Crippen molar-refractivity contribution < 1.29 is 0 Å². The summed E-state index contributed by atoms with van der Waals surface area (Å²) < 4.78 is 0. The van der Waals surface area contributed by atoms with Crippen LogP contribution in [0.1, 0.15) is 40.0 Å². The maximum Gasteiger partial charge on any atom is 0.191 e. The fraction of sp³-hybridized carbons (Fsp3) is 0.929. The molecule has 1 fully saturated rings. The summed E-state index contributed by atoms with van der Waals surface area (Å²) in [6, 6.07) is 0.434. The van der Waals surface area contributed by atoms with E-state index >= 15 is 0 Å². The van der Waals surface area contributed by atoms with E-state index in [1.165, 1.54) is 38.9 Å². The van der Waals surface area contributed by atoms with Crippen molar-refractivity contribution in [3.05, 3.63) is 0 Å². The van der Waals surface area contributed by atoms with Crippen LogP contribution in [-0.2, 0) is 0 Å². The minimum atomic E-state index is 0. The van der Waals surface area contributed by atoms with Crippen LogP contribution in [0.2, 0.25) is 0 Å². The molecule has 1 aliphatic heterocycles. The lowest BCUT2D eigenvalue weighted by Gasteiger charge is -2.31. The zero-order valence-electron chi connectivity index (χ0n) is 12.9. The van der Waals surface area contributed by atoms with Crippen molar-refractivity contribution in [3.63, 3.8) is 0 Å². The number of likely N-dealkylation sites (tertiary alicyclic amines) is 1. The van der Waals surface area contributed by atoms with Crippen molar-refractivity contribution in [1.82, 2.24) is 15.5 Å². The Morgan fingerprint density at radius 3 is 2.42 bits per heavy atom. The second-order valence-electron chi connectivity index (χ2n) is 5.46. The van der Waals surface area contributed by atoms with Crippen molar-refractivity contribution >= 4 is 29.9 Å². The second-order valence-corrected chi connectivity index (χ2v) is 5.46. The zero-order valence-corrected chi connectivity index (χ0v) is 15.2. The van der Waals surface area contributed by atoms with Gasteiger partial charge in [-0.3, -0.25) is 4.99 Å². The van der Waals surface area contributed by atoms with Gasteiger partial charge < -0.3 is 15.5 Å². The number of piperidine rings is 1. The Morgan fingerprint density at radius 2 is 1.95 bits per heavy atom. The second kappa shape index (κ2) is 10.7. The number of nitrogens with zero attached hydrogens (tertiary/aromatic N) is 2. The highest BCUT2D eigenvalue weighted by atomic mass is 127. The first-order valence-corrected chi connectivity index (χ1v) is 7.35. The molecular formula is C14H31IN4. The molecule has 0 aromatic heterocycles. The number of nitrogens with one attached hydrogen (secondary N) is 2. The maximum absolute atomic E-state index is 4.22. The molecule has 1 saturated heterocycles. The average Bonchev–Trinajstić information content (AvgIpc) is 2.38. The molecule has 0 saturated carbocycles. The van der Waals surface area contributed by atoms with Gasteiger partial charge in [0, 0.05) is 19.6 Å². The molecule has 0 atom stereocenters. The highest BCUT2D eigenvalue weighted by Gasteiger charge is 2.17. The molecule has 0 bridgehead atoms. The number of rotatable bonds is 5. The first-order valence-electron chi connectivity index (χ1n) is 7.35. The molecule has 0 aromatic carbocycles. The number of halogens is 1. The quantitative estimate of drug-likeness (QED) is 0.436. The molecule has 19 heavy (non-hydrogen) atoms. The van der Waals surface area contributed by atoms with Gasteiger partial charge in [0.25, 0.3) is 0 Å². The highest BCUT2D eigenvalue weighted by Crippen LogP contribution is 2.19. The first kappa shape index (κ1) is 19.0. The normalized spacial score (nSPS) is 18.3. The molecule has 0 unspecified atom stereocenters. The predicted octanol–water partition coefficient (Wildman–Crippen LogP) is 2.30. The third-order valence-corrected chi connectivity index (χ3v) is 3.65. The van der Waals surface area contributed by atoms with E-state index in [0.717, 1.165) is 18.4 Å². The molecule has 114 valence electrons. The van der Waals surface area contributed by atoms with Crippen molar-refractivity contribution in [2.24, 2.45) is 10.9 Å². The minimum Gasteiger partial charge on any atom is -0.356 e. The molecule has 1 rings (SSSR count). The predicted molar refractivity (Wildman–Crippen MR) is 94.5 cm³/mol. The Balaban J connectivity index is 0.00000324. The summed E-state index contributed by atoms with van der Waals surface area (Å²) in [7, 11) is 1.83. The van der Waals surface area contributed by atoms with Gasteiger partial charge in [0.2, 0.25) is 0 Å². The van der Waals surface area contributed by atoms with E-state index in [2.05, 4.69) is 41.3 Å². The van der Waals surface area contributed by atoms with E-state index in [-0.39, 0.29) is 24.0 Å². The van der Waals surface area contributed by atoms with E-state index in [1.807, 2.05) is 7.05 Å². The first-order chi connectivity index (χ1) is 8.65. The standard InChI is InChI=1S/C14H30N4.HI/c1-5-18-10-7-13(8-11-18)6-9-16-14(15-4)17-12(2)3;/h12-13H,5-11H2,1-4H3,(H2,15,16,17);1H. The van der Waals surface area contributed by atoms with E-state index in [9.17, 15) is 0 Å². The molecule has 0 aromatic rings. The lowest BCUT2D eigenvalue weighted by Crippen LogP contribution is -2.42. The van der Waals surface area contributed by atoms with Gasteiger partial charge in [0.15, 0.2) is 5.96 Å². The third-order valence-electron chi connectivity index (χ3n) is 3.65. The Labute approximate surface area is 135 Å². The third kappa shape index (κ3) is 7.97. The molecular weight excluding hydrogens is 351 g/mol. The Hall–Kier alpha value is -0.0400. The molecule has 0 spiro atoms. The maximum atomic E-state index is 4.22. The number of aliphatic imine (C=N–C) groups is 1. The van der Waals surface area contributed by atoms with E-state index < -0.39 is 0 Å². The van der Waals surface area contributed by atoms with Crippen molar-refractivity contribution in [1.29, 1.82) is 0 Å². The Bertz CT molecular complexity index is 248. The molecule has 4 nitrogen and oxygen atoms in total. The summed E-state index contributed by atoms with van der Waals surface area (Å²) in [6.07, 6.45) is 3.97. The summed E-state index contributed by atoms with van der Waals surface area (Å²) in [4.78, 5) is 6.77. The summed E-state index contributed by atoms with van der Waals surface area (Å²) >= 11 is 0. The monoisotopic (exact) mass is 382 g/mol. The van der Waals surface area contributed by atoms with Gasteiger partial charge in [-0.2, -0.15) is 0 Å². The number of hydrogen-bond donors (Lipinski definition) is 2.